The van der Waals surface area contributed by atoms with Crippen molar-refractivity contribution < 1.29 is 4.39 Å². The van der Waals surface area contributed by atoms with Crippen molar-refractivity contribution in [1.29, 1.82) is 0 Å². The maximum Gasteiger partial charge on any atom is 0.132 e. The zero-order chi connectivity index (χ0) is 12.5. The zero-order valence-electron chi connectivity index (χ0n) is 9.40. The normalized spacial score (nSPS) is 10.8. The number of halogens is 2. The fraction of sp³-hybridized carbons (Fsp3) is 0. The van der Waals surface area contributed by atoms with Gasteiger partial charge in [0.1, 0.15) is 5.82 Å². The van der Waals surface area contributed by atoms with Crippen molar-refractivity contribution >= 4 is 22.5 Å². The third kappa shape index (κ3) is 1.85. The minimum absolute atomic E-state index is 0.281. The minimum Gasteiger partial charge on any atom is -0.246 e. The quantitative estimate of drug-likeness (QED) is 0.616. The van der Waals surface area contributed by atoms with Crippen LogP contribution in [0.1, 0.15) is 0 Å². The lowest BCUT2D eigenvalue weighted by Gasteiger charge is -2.05. The molecule has 3 heteroatoms. The van der Waals surface area contributed by atoms with Gasteiger partial charge in [0.2, 0.25) is 0 Å². The summed E-state index contributed by atoms with van der Waals surface area (Å²) in [5, 5.41) is 1.52. The molecule has 1 heterocycles. The first-order valence-corrected chi connectivity index (χ1v) is 5.94. The number of fused-ring (bicyclic) bond motifs is 1. The van der Waals surface area contributed by atoms with E-state index in [9.17, 15) is 4.39 Å². The van der Waals surface area contributed by atoms with Crippen molar-refractivity contribution in [2.75, 3.05) is 0 Å². The van der Waals surface area contributed by atoms with E-state index in [2.05, 4.69) is 4.98 Å². The molecule has 0 aliphatic carbocycles. The summed E-state index contributed by atoms with van der Waals surface area (Å²) in [5.41, 5.74) is 1.77. The van der Waals surface area contributed by atoms with Crippen LogP contribution in [0, 0.1) is 5.82 Å². The molecule has 3 aromatic rings. The van der Waals surface area contributed by atoms with Gasteiger partial charge in [0.05, 0.1) is 16.2 Å². The summed E-state index contributed by atoms with van der Waals surface area (Å²) < 4.78 is 13.7. The second kappa shape index (κ2) is 4.39. The highest BCUT2D eigenvalue weighted by Crippen LogP contribution is 2.26. The van der Waals surface area contributed by atoms with Crippen LogP contribution in [0.2, 0.25) is 5.02 Å². The van der Waals surface area contributed by atoms with Crippen molar-refractivity contribution in [3.8, 4) is 11.3 Å². The van der Waals surface area contributed by atoms with Crippen LogP contribution in [-0.2, 0) is 0 Å². The lowest BCUT2D eigenvalue weighted by molar-refractivity contribution is 0.631. The Morgan fingerprint density at radius 3 is 2.56 bits per heavy atom. The van der Waals surface area contributed by atoms with E-state index in [1.165, 1.54) is 6.07 Å². The highest BCUT2D eigenvalue weighted by molar-refractivity contribution is 6.35. The molecule has 3 rings (SSSR count). The molecule has 18 heavy (non-hydrogen) atoms. The summed E-state index contributed by atoms with van der Waals surface area (Å²) in [7, 11) is 0. The third-order valence-electron chi connectivity index (χ3n) is 2.82. The predicted octanol–water partition coefficient (Wildman–Crippen LogP) is 4.69. The van der Waals surface area contributed by atoms with E-state index in [1.807, 2.05) is 18.2 Å². The van der Waals surface area contributed by atoms with Crippen LogP contribution in [0.4, 0.5) is 4.39 Å². The molecule has 0 saturated carbocycles. The van der Waals surface area contributed by atoms with Gasteiger partial charge in [-0.25, -0.2) is 9.37 Å². The average Bonchev–Trinajstić information content (AvgIpc) is 2.40. The SMILES string of the molecule is Fc1ccccc1-c1ccc2cccc(Cl)c2n1. The van der Waals surface area contributed by atoms with Gasteiger partial charge in [-0.1, -0.05) is 41.9 Å². The Morgan fingerprint density at radius 1 is 0.889 bits per heavy atom. The van der Waals surface area contributed by atoms with Gasteiger partial charge in [0.15, 0.2) is 0 Å². The number of hydrogen-bond donors (Lipinski definition) is 0. The maximum atomic E-state index is 13.7. The van der Waals surface area contributed by atoms with Crippen LogP contribution in [0.3, 0.4) is 0 Å². The third-order valence-corrected chi connectivity index (χ3v) is 3.13. The van der Waals surface area contributed by atoms with E-state index in [0.29, 0.717) is 21.8 Å². The number of aromatic nitrogens is 1. The maximum absolute atomic E-state index is 13.7. The molecule has 0 saturated heterocycles. The van der Waals surface area contributed by atoms with Crippen LogP contribution in [-0.4, -0.2) is 4.98 Å². The highest BCUT2D eigenvalue weighted by Gasteiger charge is 2.07. The lowest BCUT2D eigenvalue weighted by Crippen LogP contribution is -1.89. The fourth-order valence-electron chi connectivity index (χ4n) is 1.93. The summed E-state index contributed by atoms with van der Waals surface area (Å²) in [6.07, 6.45) is 0. The lowest BCUT2D eigenvalue weighted by atomic mass is 10.1. The molecular weight excluding hydrogens is 249 g/mol. The molecule has 0 radical (unpaired) electrons. The predicted molar refractivity (Wildman–Crippen MR) is 72.1 cm³/mol. The van der Waals surface area contributed by atoms with Gasteiger partial charge < -0.3 is 0 Å². The standard InChI is InChI=1S/C15H9ClFN/c16-12-6-3-4-10-8-9-14(18-15(10)12)11-5-1-2-7-13(11)17/h1-9H. The first-order chi connectivity index (χ1) is 8.75. The fourth-order valence-corrected chi connectivity index (χ4v) is 2.15. The molecule has 0 aliphatic rings. The van der Waals surface area contributed by atoms with Crippen molar-refractivity contribution in [3.63, 3.8) is 0 Å². The van der Waals surface area contributed by atoms with Crippen molar-refractivity contribution in [1.82, 2.24) is 4.98 Å². The average molecular weight is 258 g/mol. The van der Waals surface area contributed by atoms with E-state index in [4.69, 9.17) is 11.6 Å². The van der Waals surface area contributed by atoms with Gasteiger partial charge in [0, 0.05) is 10.9 Å². The van der Waals surface area contributed by atoms with E-state index < -0.39 is 0 Å². The second-order valence-corrected chi connectivity index (χ2v) is 4.40. The summed E-state index contributed by atoms with van der Waals surface area (Å²) in [6, 6.07) is 15.9. The van der Waals surface area contributed by atoms with Crippen LogP contribution < -0.4 is 0 Å². The molecule has 1 nitrogen and oxygen atoms in total. The first kappa shape index (κ1) is 11.2. The van der Waals surface area contributed by atoms with E-state index in [-0.39, 0.29) is 5.82 Å². The van der Waals surface area contributed by atoms with Crippen LogP contribution in [0.25, 0.3) is 22.2 Å². The monoisotopic (exact) mass is 257 g/mol. The Morgan fingerprint density at radius 2 is 1.72 bits per heavy atom. The van der Waals surface area contributed by atoms with Crippen LogP contribution in [0.15, 0.2) is 54.6 Å². The molecule has 0 atom stereocenters. The number of nitrogens with zero attached hydrogens (tertiary/aromatic N) is 1. The Kier molecular flexibility index (Phi) is 2.73. The summed E-state index contributed by atoms with van der Waals surface area (Å²) >= 11 is 6.10. The van der Waals surface area contributed by atoms with Gasteiger partial charge in [-0.2, -0.15) is 0 Å². The first-order valence-electron chi connectivity index (χ1n) is 5.56. The Hall–Kier alpha value is -1.93. The molecule has 0 aliphatic heterocycles. The minimum atomic E-state index is -0.281. The van der Waals surface area contributed by atoms with E-state index >= 15 is 0 Å². The molecule has 88 valence electrons. The molecule has 0 fully saturated rings. The number of benzene rings is 2. The molecule has 0 bridgehead atoms. The van der Waals surface area contributed by atoms with Crippen molar-refractivity contribution in [2.45, 2.75) is 0 Å². The number of pyridine rings is 1. The van der Waals surface area contributed by atoms with Gasteiger partial charge in [0.25, 0.3) is 0 Å². The van der Waals surface area contributed by atoms with Crippen molar-refractivity contribution in [3.05, 3.63) is 65.4 Å². The van der Waals surface area contributed by atoms with Crippen LogP contribution >= 0.6 is 11.6 Å². The highest BCUT2D eigenvalue weighted by atomic mass is 35.5. The number of rotatable bonds is 1. The van der Waals surface area contributed by atoms with Gasteiger partial charge in [-0.3, -0.25) is 0 Å². The number of para-hydroxylation sites is 1. The van der Waals surface area contributed by atoms with Gasteiger partial charge in [-0.15, -0.1) is 0 Å². The summed E-state index contributed by atoms with van der Waals surface area (Å²) in [5.74, 6) is -0.281. The summed E-state index contributed by atoms with van der Waals surface area (Å²) in [6.45, 7) is 0. The number of hydrogen-bond acceptors (Lipinski definition) is 1. The van der Waals surface area contributed by atoms with E-state index in [0.717, 1.165) is 5.39 Å². The van der Waals surface area contributed by atoms with Crippen LogP contribution in [0.5, 0.6) is 0 Å². The van der Waals surface area contributed by atoms with E-state index in [1.54, 1.807) is 30.3 Å². The summed E-state index contributed by atoms with van der Waals surface area (Å²) in [4.78, 5) is 4.43. The molecule has 2 aromatic carbocycles. The van der Waals surface area contributed by atoms with Gasteiger partial charge in [-0.05, 0) is 24.3 Å². The largest absolute Gasteiger partial charge is 0.246 e. The molecule has 1 aromatic heterocycles. The Balaban J connectivity index is 2.26. The second-order valence-electron chi connectivity index (χ2n) is 3.99. The molecule has 0 amide bonds. The Labute approximate surface area is 109 Å². The zero-order valence-corrected chi connectivity index (χ0v) is 10.2. The molecule has 0 unspecified atom stereocenters. The molecule has 0 spiro atoms. The molecule has 0 N–H and O–H groups in total. The topological polar surface area (TPSA) is 12.9 Å². The van der Waals surface area contributed by atoms with Crippen molar-refractivity contribution in [2.24, 2.45) is 0 Å². The molecular formula is C15H9ClFN. The Bertz CT molecular complexity index is 725. The van der Waals surface area contributed by atoms with Gasteiger partial charge >= 0.3 is 0 Å². The smallest absolute Gasteiger partial charge is 0.132 e.